The zero-order valence-electron chi connectivity index (χ0n) is 37.3. The molecule has 14 heteroatoms. The number of rotatable bonds is 10. The summed E-state index contributed by atoms with van der Waals surface area (Å²) in [6.07, 6.45) is 5.02. The number of ether oxygens (including phenoxy) is 6. The van der Waals surface area contributed by atoms with Crippen LogP contribution in [0.25, 0.3) is 9.69 Å². The Morgan fingerprint density at radius 2 is 1.16 bits per heavy atom. The lowest BCUT2D eigenvalue weighted by atomic mass is 9.72. The molecule has 0 aromatic carbocycles. The highest BCUT2D eigenvalue weighted by Gasteiger charge is 2.49. The van der Waals surface area contributed by atoms with Gasteiger partial charge >= 0.3 is 11.9 Å². The number of allylic oxidation sites excluding steroid dienone is 5. The van der Waals surface area contributed by atoms with Gasteiger partial charge in [-0.1, -0.05) is 55.4 Å². The fourth-order valence-corrected chi connectivity index (χ4v) is 9.37. The van der Waals surface area contributed by atoms with Crippen molar-refractivity contribution in [3.8, 4) is 12.1 Å². The molecule has 4 aliphatic heterocycles. The molecule has 4 saturated heterocycles. The predicted octanol–water partition coefficient (Wildman–Crippen LogP) is 7.59. The van der Waals surface area contributed by atoms with Crippen LogP contribution in [0.4, 0.5) is 0 Å². The minimum atomic E-state index is -0.790. The van der Waals surface area contributed by atoms with E-state index in [0.717, 1.165) is 63.3 Å². The molecule has 0 aromatic heterocycles. The number of esters is 2. The third-order valence-electron chi connectivity index (χ3n) is 12.8. The van der Waals surface area contributed by atoms with Crippen LogP contribution in [0.15, 0.2) is 45.1 Å². The standard InChI is InChI=1S/C47H62N6O8/c1-43(2)19-31(33(23-48)35(21-43)52-15-11-12-16-52)34(24-49)39(54)56-25-45(5,6)41-58-27-47(28-59-41)29-60-42(61-30-47)46(7,8)26-57-40(55)38(51-10)32-20-44(3,4)22-36(37(32)50-9)53-17-13-14-18-53/h41-42H,11-22,25-30H2,1-8H3/b34-31+,38-32-. The SMILES string of the molecule is [C-]#[N+]C1=C(N2CCCC2)CC(C)(C)C/C1=C(/[N+]#[C-])C(=O)OCC(C)(C)C1OCC2(CO1)COC(C(C)(C)COC(=O)/C(C#N)=C1\CC(C)(C)CC(N3CCCC3)=C1C#N)OC2. The molecule has 0 bridgehead atoms. The van der Waals surface area contributed by atoms with Gasteiger partial charge in [0.05, 0.1) is 50.6 Å². The molecular weight excluding hydrogens is 777 g/mol. The first kappa shape index (κ1) is 45.8. The van der Waals surface area contributed by atoms with Gasteiger partial charge < -0.3 is 38.2 Å². The van der Waals surface area contributed by atoms with Crippen molar-refractivity contribution in [3.63, 3.8) is 0 Å². The number of carbonyl (C=O) groups is 2. The number of nitriles is 2. The average Bonchev–Trinajstić information content (AvgIpc) is 3.96. The number of hydrogen-bond acceptors (Lipinski definition) is 12. The summed E-state index contributed by atoms with van der Waals surface area (Å²) in [7, 11) is 0. The smallest absolute Gasteiger partial charge is 0.349 e. The highest BCUT2D eigenvalue weighted by Crippen LogP contribution is 2.47. The minimum Gasteiger partial charge on any atom is -0.470 e. The van der Waals surface area contributed by atoms with Gasteiger partial charge in [-0.2, -0.15) is 10.5 Å². The van der Waals surface area contributed by atoms with Crippen LogP contribution in [0.5, 0.6) is 0 Å². The van der Waals surface area contributed by atoms with Gasteiger partial charge in [0.2, 0.25) is 0 Å². The molecule has 0 amide bonds. The van der Waals surface area contributed by atoms with Crippen molar-refractivity contribution in [2.24, 2.45) is 27.1 Å². The van der Waals surface area contributed by atoms with Gasteiger partial charge in [0.25, 0.3) is 5.70 Å². The second-order valence-corrected chi connectivity index (χ2v) is 20.7. The predicted molar refractivity (Wildman–Crippen MR) is 223 cm³/mol. The Balaban J connectivity index is 1.03. The Morgan fingerprint density at radius 1 is 0.721 bits per heavy atom. The van der Waals surface area contributed by atoms with Gasteiger partial charge in [-0.3, -0.25) is 4.79 Å². The van der Waals surface area contributed by atoms with E-state index >= 15 is 0 Å². The van der Waals surface area contributed by atoms with Crippen molar-refractivity contribution in [2.45, 2.75) is 119 Å². The lowest BCUT2D eigenvalue weighted by molar-refractivity contribution is -0.337. The van der Waals surface area contributed by atoms with Crippen LogP contribution in [0, 0.1) is 62.9 Å². The molecule has 6 aliphatic rings. The monoisotopic (exact) mass is 838 g/mol. The Morgan fingerprint density at radius 3 is 1.61 bits per heavy atom. The van der Waals surface area contributed by atoms with Crippen molar-refractivity contribution >= 4 is 11.9 Å². The largest absolute Gasteiger partial charge is 0.470 e. The van der Waals surface area contributed by atoms with Gasteiger partial charge in [0.1, 0.15) is 30.9 Å². The van der Waals surface area contributed by atoms with Crippen molar-refractivity contribution in [2.75, 3.05) is 65.8 Å². The normalized spacial score (nSPS) is 28.4. The third-order valence-corrected chi connectivity index (χ3v) is 12.8. The quantitative estimate of drug-likeness (QED) is 0.0923. The van der Waals surface area contributed by atoms with Gasteiger partial charge in [0, 0.05) is 48.4 Å². The number of carbonyl (C=O) groups excluding carboxylic acids is 2. The van der Waals surface area contributed by atoms with E-state index in [1.807, 2.05) is 27.7 Å². The van der Waals surface area contributed by atoms with E-state index < -0.39 is 40.8 Å². The summed E-state index contributed by atoms with van der Waals surface area (Å²) in [5, 5.41) is 20.4. The topological polar surface area (TPSA) is 152 Å². The zero-order valence-corrected chi connectivity index (χ0v) is 37.3. The minimum absolute atomic E-state index is 0.0765. The maximum Gasteiger partial charge on any atom is 0.349 e. The first-order valence-corrected chi connectivity index (χ1v) is 21.6. The Hall–Kier alpha value is -4.70. The average molecular weight is 839 g/mol. The Labute approximate surface area is 361 Å². The van der Waals surface area contributed by atoms with E-state index in [9.17, 15) is 20.1 Å². The molecular formula is C47H62N6O8. The lowest BCUT2D eigenvalue weighted by Crippen LogP contribution is -2.57. The van der Waals surface area contributed by atoms with Crippen LogP contribution in [-0.4, -0.2) is 100 Å². The highest BCUT2D eigenvalue weighted by molar-refractivity contribution is 5.95. The molecule has 0 saturated carbocycles. The summed E-state index contributed by atoms with van der Waals surface area (Å²) in [5.74, 6) is -1.53. The fourth-order valence-electron chi connectivity index (χ4n) is 9.37. The second kappa shape index (κ2) is 18.0. The Kier molecular flexibility index (Phi) is 13.5. The lowest BCUT2D eigenvalue weighted by Gasteiger charge is -2.48. The first-order valence-electron chi connectivity index (χ1n) is 21.6. The van der Waals surface area contributed by atoms with Crippen molar-refractivity contribution in [1.82, 2.24) is 9.80 Å². The van der Waals surface area contributed by atoms with E-state index in [2.05, 4.69) is 59.3 Å². The van der Waals surface area contributed by atoms with Gasteiger partial charge in [-0.25, -0.2) is 14.5 Å². The van der Waals surface area contributed by atoms with Crippen LogP contribution < -0.4 is 0 Å². The van der Waals surface area contributed by atoms with Crippen molar-refractivity contribution in [3.05, 3.63) is 67.9 Å². The molecule has 4 heterocycles. The highest BCUT2D eigenvalue weighted by atomic mass is 16.7. The summed E-state index contributed by atoms with van der Waals surface area (Å²) in [4.78, 5) is 39.0. The molecule has 328 valence electrons. The molecule has 14 nitrogen and oxygen atoms in total. The summed E-state index contributed by atoms with van der Waals surface area (Å²) >= 11 is 0. The van der Waals surface area contributed by atoms with Crippen LogP contribution in [-0.2, 0) is 38.0 Å². The summed E-state index contributed by atoms with van der Waals surface area (Å²) in [6, 6.07) is 4.38. The van der Waals surface area contributed by atoms with Crippen LogP contribution in [0.2, 0.25) is 0 Å². The molecule has 0 atom stereocenters. The number of hydrogen-bond donors (Lipinski definition) is 0. The van der Waals surface area contributed by atoms with Crippen LogP contribution in [0.1, 0.15) is 107 Å². The summed E-state index contributed by atoms with van der Waals surface area (Å²) in [5.41, 5.74) is 0.620. The molecule has 0 aromatic rings. The van der Waals surface area contributed by atoms with Crippen molar-refractivity contribution < 1.29 is 38.0 Å². The molecule has 0 unspecified atom stereocenters. The molecule has 1 spiro atoms. The van der Waals surface area contributed by atoms with Gasteiger partial charge in [0.15, 0.2) is 18.3 Å². The Bertz CT molecular complexity index is 1890. The maximum atomic E-state index is 13.6. The van der Waals surface area contributed by atoms with Crippen LogP contribution >= 0.6 is 0 Å². The van der Waals surface area contributed by atoms with Gasteiger partial charge in [-0.05, 0) is 73.3 Å². The molecule has 61 heavy (non-hydrogen) atoms. The third kappa shape index (κ3) is 10.0. The summed E-state index contributed by atoms with van der Waals surface area (Å²) < 4.78 is 36.5. The number of likely N-dealkylation sites (tertiary alicyclic amines) is 2. The van der Waals surface area contributed by atoms with E-state index in [0.29, 0.717) is 48.1 Å². The number of nitrogens with zero attached hydrogens (tertiary/aromatic N) is 6. The van der Waals surface area contributed by atoms with Crippen LogP contribution in [0.3, 0.4) is 0 Å². The molecule has 4 fully saturated rings. The fraction of sp³-hybridized carbons (Fsp3) is 0.702. The van der Waals surface area contributed by atoms with Gasteiger partial charge in [-0.15, -0.1) is 0 Å². The van der Waals surface area contributed by atoms with E-state index in [-0.39, 0.29) is 61.7 Å². The molecule has 0 radical (unpaired) electrons. The van der Waals surface area contributed by atoms with E-state index in [1.54, 1.807) is 0 Å². The molecule has 0 N–H and O–H groups in total. The van der Waals surface area contributed by atoms with Crippen molar-refractivity contribution in [1.29, 1.82) is 10.5 Å². The zero-order chi connectivity index (χ0) is 44.4. The van der Waals surface area contributed by atoms with E-state index in [1.165, 1.54) is 0 Å². The maximum absolute atomic E-state index is 13.6. The second-order valence-electron chi connectivity index (χ2n) is 20.7. The molecule has 6 rings (SSSR count). The first-order chi connectivity index (χ1) is 28.8. The van der Waals surface area contributed by atoms with E-state index in [4.69, 9.17) is 41.6 Å². The molecule has 2 aliphatic carbocycles. The summed E-state index contributed by atoms with van der Waals surface area (Å²) in [6.45, 7) is 36.1.